The average molecular weight is 414 g/mol. The first kappa shape index (κ1) is 20.7. The van der Waals surface area contributed by atoms with E-state index < -0.39 is 21.5 Å². The van der Waals surface area contributed by atoms with Crippen LogP contribution >= 0.6 is 0 Å². The van der Waals surface area contributed by atoms with Crippen LogP contribution in [0.15, 0.2) is 58.2 Å². The number of rotatable bonds is 4. The maximum absolute atomic E-state index is 13.0. The van der Waals surface area contributed by atoms with E-state index in [1.54, 1.807) is 57.2 Å². The van der Waals surface area contributed by atoms with Crippen LogP contribution in [0.25, 0.3) is 10.8 Å². The molecule has 0 fully saturated rings. The number of hydrogen-bond acceptors (Lipinski definition) is 5. The van der Waals surface area contributed by atoms with Crippen LogP contribution in [-0.4, -0.2) is 29.6 Å². The third-order valence-electron chi connectivity index (χ3n) is 4.04. The fourth-order valence-electron chi connectivity index (χ4n) is 2.91. The van der Waals surface area contributed by atoms with E-state index in [0.29, 0.717) is 10.8 Å². The minimum absolute atomic E-state index is 0.0266. The number of anilines is 1. The quantitative estimate of drug-likeness (QED) is 0.680. The molecule has 2 N–H and O–H groups in total. The number of hydrogen-bond donors (Lipinski definition) is 2. The fraction of sp³-hybridized carbons (Fsp3) is 0.250. The zero-order valence-electron chi connectivity index (χ0n) is 16.6. The van der Waals surface area contributed by atoms with E-state index in [1.165, 1.54) is 19.2 Å². The lowest BCUT2D eigenvalue weighted by atomic mass is 10.1. The first-order valence-electron chi connectivity index (χ1n) is 8.90. The summed E-state index contributed by atoms with van der Waals surface area (Å²) < 4.78 is 29.2. The molecule has 0 aliphatic carbocycles. The van der Waals surface area contributed by atoms with E-state index in [1.807, 2.05) is 0 Å². The number of sulfonamides is 1. The lowest BCUT2D eigenvalue weighted by molar-refractivity contribution is 0.102. The molecule has 0 aliphatic heterocycles. The molecule has 29 heavy (non-hydrogen) atoms. The van der Waals surface area contributed by atoms with Crippen molar-refractivity contribution in [1.29, 1.82) is 0 Å². The van der Waals surface area contributed by atoms with Gasteiger partial charge in [0.1, 0.15) is 4.90 Å². The number of amides is 1. The second-order valence-corrected chi connectivity index (χ2v) is 9.28. The van der Waals surface area contributed by atoms with Gasteiger partial charge >= 0.3 is 0 Å². The van der Waals surface area contributed by atoms with Gasteiger partial charge in [-0.25, -0.2) is 17.8 Å². The number of benzene rings is 2. The summed E-state index contributed by atoms with van der Waals surface area (Å²) in [4.78, 5) is 25.2. The van der Waals surface area contributed by atoms with E-state index in [4.69, 9.17) is 0 Å². The Balaban J connectivity index is 2.05. The predicted molar refractivity (Wildman–Crippen MR) is 111 cm³/mol. The van der Waals surface area contributed by atoms with Crippen molar-refractivity contribution in [2.24, 2.45) is 7.05 Å². The van der Waals surface area contributed by atoms with Gasteiger partial charge in [0.05, 0.1) is 11.1 Å². The van der Waals surface area contributed by atoms with Gasteiger partial charge in [-0.2, -0.15) is 5.10 Å². The van der Waals surface area contributed by atoms with Crippen molar-refractivity contribution in [3.05, 3.63) is 64.6 Å². The Labute approximate surface area is 168 Å². The Hall–Kier alpha value is -3.04. The minimum Gasteiger partial charge on any atom is -0.319 e. The third-order valence-corrected chi connectivity index (χ3v) is 5.85. The standard InChI is InChI=1S/C20H22N4O4S/c1-20(2,3)23-29(27,28)16-12-8-7-11-15(16)21-18(25)17-13-9-5-6-10-14(13)19(26)24(4)22-17/h5-12,23H,1-4H3,(H,21,25). The molecule has 0 saturated carbocycles. The van der Waals surface area contributed by atoms with Gasteiger partial charge in [0, 0.05) is 18.0 Å². The maximum atomic E-state index is 13.0. The summed E-state index contributed by atoms with van der Waals surface area (Å²) in [6, 6.07) is 12.8. The molecule has 3 rings (SSSR count). The maximum Gasteiger partial charge on any atom is 0.276 e. The van der Waals surface area contributed by atoms with Gasteiger partial charge in [0.15, 0.2) is 5.69 Å². The first-order chi connectivity index (χ1) is 13.5. The summed E-state index contributed by atoms with van der Waals surface area (Å²) >= 11 is 0. The molecule has 3 aromatic rings. The molecule has 0 bridgehead atoms. The molecule has 1 aromatic heterocycles. The van der Waals surface area contributed by atoms with Crippen molar-refractivity contribution in [2.75, 3.05) is 5.32 Å². The Bertz CT molecular complexity index is 1260. The van der Waals surface area contributed by atoms with Gasteiger partial charge in [0.25, 0.3) is 11.5 Å². The second kappa shape index (κ2) is 7.41. The normalized spacial score (nSPS) is 12.1. The number of para-hydroxylation sites is 1. The van der Waals surface area contributed by atoms with Crippen molar-refractivity contribution in [1.82, 2.24) is 14.5 Å². The molecular formula is C20H22N4O4S. The van der Waals surface area contributed by atoms with Crippen LogP contribution in [0, 0.1) is 0 Å². The smallest absolute Gasteiger partial charge is 0.276 e. The van der Waals surface area contributed by atoms with Crippen LogP contribution < -0.4 is 15.6 Å². The van der Waals surface area contributed by atoms with Gasteiger partial charge in [-0.15, -0.1) is 0 Å². The number of fused-ring (bicyclic) bond motifs is 1. The largest absolute Gasteiger partial charge is 0.319 e. The Kier molecular flexibility index (Phi) is 5.29. The van der Waals surface area contributed by atoms with Gasteiger partial charge < -0.3 is 5.32 Å². The van der Waals surface area contributed by atoms with E-state index in [0.717, 1.165) is 4.68 Å². The molecular weight excluding hydrogens is 392 g/mol. The molecule has 152 valence electrons. The topological polar surface area (TPSA) is 110 Å². The van der Waals surface area contributed by atoms with Crippen molar-refractivity contribution >= 4 is 32.4 Å². The SMILES string of the molecule is Cn1nc(C(=O)Nc2ccccc2S(=O)(=O)NC(C)(C)C)c2ccccc2c1=O. The van der Waals surface area contributed by atoms with Crippen LogP contribution in [0.3, 0.4) is 0 Å². The Morgan fingerprint density at radius 1 is 1.00 bits per heavy atom. The Morgan fingerprint density at radius 3 is 2.24 bits per heavy atom. The summed E-state index contributed by atoms with van der Waals surface area (Å²) in [6.45, 7) is 5.19. The number of carbonyl (C=O) groups excluding carboxylic acids is 1. The van der Waals surface area contributed by atoms with Gasteiger partial charge in [-0.05, 0) is 39.0 Å². The summed E-state index contributed by atoms with van der Waals surface area (Å²) in [5.74, 6) is -0.616. The summed E-state index contributed by atoms with van der Waals surface area (Å²) in [7, 11) is -2.42. The summed E-state index contributed by atoms with van der Waals surface area (Å²) in [6.07, 6.45) is 0. The lowest BCUT2D eigenvalue weighted by Crippen LogP contribution is -2.40. The van der Waals surface area contributed by atoms with E-state index >= 15 is 0 Å². The van der Waals surface area contributed by atoms with Crippen LogP contribution in [0.2, 0.25) is 0 Å². The molecule has 1 heterocycles. The Morgan fingerprint density at radius 2 is 1.59 bits per heavy atom. The van der Waals surface area contributed by atoms with Crippen LogP contribution in [-0.2, 0) is 17.1 Å². The molecule has 9 heteroatoms. The zero-order valence-corrected chi connectivity index (χ0v) is 17.4. The summed E-state index contributed by atoms with van der Waals surface area (Å²) in [5, 5.41) is 7.44. The van der Waals surface area contributed by atoms with E-state index in [2.05, 4.69) is 15.1 Å². The predicted octanol–water partition coefficient (Wildman–Crippen LogP) is 2.26. The molecule has 0 saturated heterocycles. The van der Waals surface area contributed by atoms with Crippen molar-refractivity contribution in [2.45, 2.75) is 31.2 Å². The van der Waals surface area contributed by atoms with Crippen LogP contribution in [0.4, 0.5) is 5.69 Å². The first-order valence-corrected chi connectivity index (χ1v) is 10.4. The van der Waals surface area contributed by atoms with Gasteiger partial charge in [-0.3, -0.25) is 9.59 Å². The molecule has 0 radical (unpaired) electrons. The molecule has 0 aliphatic rings. The second-order valence-electron chi connectivity index (χ2n) is 7.63. The van der Waals surface area contributed by atoms with Crippen molar-refractivity contribution in [3.63, 3.8) is 0 Å². The van der Waals surface area contributed by atoms with Gasteiger partial charge in [0.2, 0.25) is 10.0 Å². The molecule has 0 spiro atoms. The van der Waals surface area contributed by atoms with Crippen LogP contribution in [0.1, 0.15) is 31.3 Å². The highest BCUT2D eigenvalue weighted by Crippen LogP contribution is 2.23. The van der Waals surface area contributed by atoms with Crippen molar-refractivity contribution in [3.8, 4) is 0 Å². The number of aromatic nitrogens is 2. The number of nitrogens with zero attached hydrogens (tertiary/aromatic N) is 2. The summed E-state index contributed by atoms with van der Waals surface area (Å²) in [5.41, 5.74) is -0.868. The molecule has 2 aromatic carbocycles. The molecule has 0 unspecified atom stereocenters. The molecule has 8 nitrogen and oxygen atoms in total. The highest BCUT2D eigenvalue weighted by molar-refractivity contribution is 7.89. The number of carbonyl (C=O) groups is 1. The minimum atomic E-state index is -3.87. The third kappa shape index (κ3) is 4.36. The molecule has 1 amide bonds. The average Bonchev–Trinajstić information content (AvgIpc) is 2.63. The monoisotopic (exact) mass is 414 g/mol. The van der Waals surface area contributed by atoms with Crippen LogP contribution in [0.5, 0.6) is 0 Å². The number of nitrogens with one attached hydrogen (secondary N) is 2. The number of aryl methyl sites for hydroxylation is 1. The zero-order chi connectivity index (χ0) is 21.4. The molecule has 0 atom stereocenters. The fourth-order valence-corrected chi connectivity index (χ4v) is 4.49. The van der Waals surface area contributed by atoms with E-state index in [9.17, 15) is 18.0 Å². The highest BCUT2D eigenvalue weighted by Gasteiger charge is 2.25. The van der Waals surface area contributed by atoms with Crippen molar-refractivity contribution < 1.29 is 13.2 Å². The van der Waals surface area contributed by atoms with E-state index in [-0.39, 0.29) is 21.8 Å². The van der Waals surface area contributed by atoms with Gasteiger partial charge in [-0.1, -0.05) is 30.3 Å². The lowest BCUT2D eigenvalue weighted by Gasteiger charge is -2.21. The highest BCUT2D eigenvalue weighted by atomic mass is 32.2.